The van der Waals surface area contributed by atoms with Crippen LogP contribution in [0.25, 0.3) is 11.5 Å². The molecule has 0 aliphatic rings. The number of hydrogen-bond donors (Lipinski definition) is 1. The Labute approximate surface area is 162 Å². The van der Waals surface area contributed by atoms with Gasteiger partial charge in [0.15, 0.2) is 0 Å². The molecule has 1 aromatic carbocycles. The molecule has 0 saturated carbocycles. The minimum absolute atomic E-state index is 0.0502. The fourth-order valence-electron chi connectivity index (χ4n) is 2.49. The lowest BCUT2D eigenvalue weighted by molar-refractivity contribution is -0.384. The van der Waals surface area contributed by atoms with Crippen molar-refractivity contribution in [2.24, 2.45) is 5.92 Å². The van der Waals surface area contributed by atoms with Crippen LogP contribution in [0.15, 0.2) is 33.9 Å². The third kappa shape index (κ3) is 7.01. The first kappa shape index (κ1) is 20.9. The molecule has 0 bridgehead atoms. The highest BCUT2D eigenvalue weighted by molar-refractivity contribution is 7.99. The molecule has 0 spiro atoms. The maximum Gasteiger partial charge on any atom is 0.277 e. The van der Waals surface area contributed by atoms with E-state index in [0.717, 1.165) is 31.0 Å². The average Bonchev–Trinajstić information content (AvgIpc) is 3.09. The Hall–Kier alpha value is -2.42. The van der Waals surface area contributed by atoms with E-state index in [0.29, 0.717) is 11.5 Å². The van der Waals surface area contributed by atoms with Gasteiger partial charge in [-0.15, -0.1) is 10.2 Å². The summed E-state index contributed by atoms with van der Waals surface area (Å²) in [6.45, 7) is 6.37. The van der Waals surface area contributed by atoms with Crippen LogP contribution in [0.2, 0.25) is 0 Å². The van der Waals surface area contributed by atoms with Crippen LogP contribution in [0.4, 0.5) is 5.69 Å². The van der Waals surface area contributed by atoms with Crippen LogP contribution in [0.5, 0.6) is 0 Å². The van der Waals surface area contributed by atoms with Gasteiger partial charge in [0, 0.05) is 23.7 Å². The third-order valence-electron chi connectivity index (χ3n) is 3.86. The van der Waals surface area contributed by atoms with Gasteiger partial charge in [-0.1, -0.05) is 44.5 Å². The van der Waals surface area contributed by atoms with E-state index in [-0.39, 0.29) is 34.5 Å². The van der Waals surface area contributed by atoms with Crippen LogP contribution in [0.3, 0.4) is 0 Å². The highest BCUT2D eigenvalue weighted by Crippen LogP contribution is 2.25. The first-order valence-corrected chi connectivity index (χ1v) is 9.84. The van der Waals surface area contributed by atoms with Gasteiger partial charge < -0.3 is 9.73 Å². The molecule has 2 rings (SSSR count). The number of nitrogens with zero attached hydrogens (tertiary/aromatic N) is 3. The minimum atomic E-state index is -0.484. The number of nitrogens with one attached hydrogen (secondary N) is 1. The first-order valence-electron chi connectivity index (χ1n) is 8.85. The number of nitro benzene ring substituents is 1. The molecule has 27 heavy (non-hydrogen) atoms. The number of benzene rings is 1. The normalized spacial score (nSPS) is 12.1. The molecule has 0 saturated heterocycles. The number of thioether (sulfide) groups is 1. The van der Waals surface area contributed by atoms with E-state index in [2.05, 4.69) is 29.4 Å². The van der Waals surface area contributed by atoms with E-state index in [1.165, 1.54) is 12.1 Å². The molecular formula is C18H24N4O4S. The van der Waals surface area contributed by atoms with Crippen LogP contribution in [0, 0.1) is 16.0 Å². The highest BCUT2D eigenvalue weighted by Gasteiger charge is 2.15. The summed E-state index contributed by atoms with van der Waals surface area (Å²) < 4.78 is 5.49. The van der Waals surface area contributed by atoms with E-state index in [1.807, 2.05) is 6.92 Å². The van der Waals surface area contributed by atoms with Gasteiger partial charge in [-0.05, 0) is 25.3 Å². The Morgan fingerprint density at radius 3 is 2.78 bits per heavy atom. The number of aromatic nitrogens is 2. The Balaban J connectivity index is 1.83. The van der Waals surface area contributed by atoms with E-state index < -0.39 is 4.92 Å². The predicted molar refractivity (Wildman–Crippen MR) is 103 cm³/mol. The van der Waals surface area contributed by atoms with E-state index in [4.69, 9.17) is 4.42 Å². The number of carbonyl (C=O) groups is 1. The summed E-state index contributed by atoms with van der Waals surface area (Å²) in [6.07, 6.45) is 3.19. The number of hydrogen-bond acceptors (Lipinski definition) is 7. The average molecular weight is 392 g/mol. The van der Waals surface area contributed by atoms with Gasteiger partial charge in [-0.2, -0.15) is 0 Å². The number of carbonyl (C=O) groups excluding carboxylic acids is 1. The second-order valence-corrected chi connectivity index (χ2v) is 7.69. The largest absolute Gasteiger partial charge is 0.411 e. The van der Waals surface area contributed by atoms with Crippen molar-refractivity contribution < 1.29 is 14.1 Å². The summed E-state index contributed by atoms with van der Waals surface area (Å²) in [6, 6.07) is 6.09. The minimum Gasteiger partial charge on any atom is -0.411 e. The summed E-state index contributed by atoms with van der Waals surface area (Å²) in [4.78, 5) is 22.4. The van der Waals surface area contributed by atoms with E-state index in [9.17, 15) is 14.9 Å². The Morgan fingerprint density at radius 2 is 2.07 bits per heavy atom. The molecular weight excluding hydrogens is 368 g/mol. The molecule has 0 radical (unpaired) electrons. The molecule has 1 amide bonds. The molecule has 8 nitrogen and oxygen atoms in total. The monoisotopic (exact) mass is 392 g/mol. The lowest BCUT2D eigenvalue weighted by Gasteiger charge is -2.14. The zero-order chi connectivity index (χ0) is 19.8. The molecule has 1 aromatic heterocycles. The van der Waals surface area contributed by atoms with Crippen molar-refractivity contribution in [3.8, 4) is 11.5 Å². The van der Waals surface area contributed by atoms with Crippen LogP contribution >= 0.6 is 11.8 Å². The molecule has 1 N–H and O–H groups in total. The lowest BCUT2D eigenvalue weighted by Crippen LogP contribution is -2.33. The van der Waals surface area contributed by atoms with E-state index in [1.54, 1.807) is 12.1 Å². The van der Waals surface area contributed by atoms with Crippen molar-refractivity contribution in [3.63, 3.8) is 0 Å². The van der Waals surface area contributed by atoms with E-state index >= 15 is 0 Å². The zero-order valence-corrected chi connectivity index (χ0v) is 16.5. The summed E-state index contributed by atoms with van der Waals surface area (Å²) in [5.41, 5.74) is 0.414. The Morgan fingerprint density at radius 1 is 1.30 bits per heavy atom. The SMILES string of the molecule is CC(C)CCC[C@H](C)NC(=O)CSc1nnc(-c2cccc([N+](=O)[O-])c2)o1. The van der Waals surface area contributed by atoms with Gasteiger partial charge in [0.25, 0.3) is 10.9 Å². The van der Waals surface area contributed by atoms with Gasteiger partial charge in [0.2, 0.25) is 11.8 Å². The molecule has 2 aromatic rings. The fraction of sp³-hybridized carbons (Fsp3) is 0.500. The van der Waals surface area contributed by atoms with Crippen LogP contribution in [-0.2, 0) is 4.79 Å². The molecule has 9 heteroatoms. The molecule has 0 aliphatic heterocycles. The van der Waals surface area contributed by atoms with Crippen LogP contribution in [0.1, 0.15) is 40.0 Å². The quantitative estimate of drug-likeness (QED) is 0.368. The maximum atomic E-state index is 12.0. The van der Waals surface area contributed by atoms with Crippen LogP contribution in [-0.4, -0.2) is 32.8 Å². The van der Waals surface area contributed by atoms with Gasteiger partial charge >= 0.3 is 0 Å². The number of rotatable bonds is 10. The molecule has 1 heterocycles. The Bertz CT molecular complexity index is 778. The maximum absolute atomic E-state index is 12.0. The summed E-state index contributed by atoms with van der Waals surface area (Å²) in [5.74, 6) is 0.933. The number of nitro groups is 1. The second kappa shape index (κ2) is 10.1. The van der Waals surface area contributed by atoms with Crippen molar-refractivity contribution in [2.45, 2.75) is 51.3 Å². The molecule has 0 fully saturated rings. The standard InChI is InChI=1S/C18H24N4O4S/c1-12(2)6-4-7-13(3)19-16(23)11-27-18-21-20-17(26-18)14-8-5-9-15(10-14)22(24)25/h5,8-10,12-13H,4,6-7,11H2,1-3H3,(H,19,23)/t13-/m0/s1. The molecule has 146 valence electrons. The zero-order valence-electron chi connectivity index (χ0n) is 15.7. The van der Waals surface area contributed by atoms with Gasteiger partial charge in [-0.3, -0.25) is 14.9 Å². The van der Waals surface area contributed by atoms with Gasteiger partial charge in [0.05, 0.1) is 10.7 Å². The highest BCUT2D eigenvalue weighted by atomic mass is 32.2. The van der Waals surface area contributed by atoms with Crippen LogP contribution < -0.4 is 5.32 Å². The first-order chi connectivity index (χ1) is 12.8. The Kier molecular flexibility index (Phi) is 7.78. The van der Waals surface area contributed by atoms with Crippen molar-refractivity contribution in [2.75, 3.05) is 5.75 Å². The number of amides is 1. The lowest BCUT2D eigenvalue weighted by atomic mass is 10.0. The topological polar surface area (TPSA) is 111 Å². The van der Waals surface area contributed by atoms with Gasteiger partial charge in [-0.25, -0.2) is 0 Å². The summed E-state index contributed by atoms with van der Waals surface area (Å²) in [5, 5.41) is 21.8. The fourth-order valence-corrected chi connectivity index (χ4v) is 3.06. The third-order valence-corrected chi connectivity index (χ3v) is 4.68. The van der Waals surface area contributed by atoms with Crippen molar-refractivity contribution in [1.29, 1.82) is 0 Å². The molecule has 0 aliphatic carbocycles. The van der Waals surface area contributed by atoms with Crippen molar-refractivity contribution >= 4 is 23.4 Å². The summed E-state index contributed by atoms with van der Waals surface area (Å²) >= 11 is 1.14. The smallest absolute Gasteiger partial charge is 0.277 e. The van der Waals surface area contributed by atoms with Crippen molar-refractivity contribution in [3.05, 3.63) is 34.4 Å². The number of non-ortho nitro benzene ring substituents is 1. The summed E-state index contributed by atoms with van der Waals surface area (Å²) in [7, 11) is 0. The second-order valence-electron chi connectivity index (χ2n) is 6.76. The van der Waals surface area contributed by atoms with Gasteiger partial charge in [0.1, 0.15) is 0 Å². The molecule has 1 atom stereocenters. The van der Waals surface area contributed by atoms with Crippen molar-refractivity contribution in [1.82, 2.24) is 15.5 Å². The molecule has 0 unspecified atom stereocenters. The predicted octanol–water partition coefficient (Wildman–Crippen LogP) is 4.07.